The highest BCUT2D eigenvalue weighted by Crippen LogP contribution is 2.45. The summed E-state index contributed by atoms with van der Waals surface area (Å²) in [6, 6.07) is 13.2. The first kappa shape index (κ1) is 17.5. The molecule has 1 atom stereocenters. The van der Waals surface area contributed by atoms with Crippen molar-refractivity contribution in [3.8, 4) is 0 Å². The minimum absolute atomic E-state index is 0.135. The number of furan rings is 1. The second-order valence-corrected chi connectivity index (χ2v) is 8.41. The molecule has 2 aliphatic heterocycles. The Morgan fingerprint density at radius 2 is 1.97 bits per heavy atom. The number of thiophene rings is 1. The summed E-state index contributed by atoms with van der Waals surface area (Å²) < 4.78 is 21.1. The van der Waals surface area contributed by atoms with E-state index in [1.807, 2.05) is 22.1 Å². The average Bonchev–Trinajstić information content (AvgIpc) is 3.52. The van der Waals surface area contributed by atoms with E-state index >= 15 is 0 Å². The molecule has 3 aromatic heterocycles. The molecule has 1 fully saturated rings. The van der Waals surface area contributed by atoms with Crippen LogP contribution in [0, 0.1) is 5.82 Å². The van der Waals surface area contributed by atoms with Crippen LogP contribution in [0.2, 0.25) is 0 Å². The summed E-state index contributed by atoms with van der Waals surface area (Å²) in [7, 11) is 0. The number of benzene rings is 1. The van der Waals surface area contributed by atoms with Crippen molar-refractivity contribution in [2.24, 2.45) is 0 Å². The summed E-state index contributed by atoms with van der Waals surface area (Å²) in [6.07, 6.45) is 1.46. The zero-order chi connectivity index (χ0) is 20.5. The van der Waals surface area contributed by atoms with E-state index in [0.717, 1.165) is 10.2 Å². The lowest BCUT2D eigenvalue weighted by atomic mass is 9.94. The van der Waals surface area contributed by atoms with E-state index in [-0.39, 0.29) is 23.4 Å². The van der Waals surface area contributed by atoms with Crippen LogP contribution >= 0.6 is 11.3 Å². The molecular formula is C22H16FN3O3S. The summed E-state index contributed by atoms with van der Waals surface area (Å²) in [6.45, 7) is 1.12. The standard InChI is InChI=1S/C22H16FN3O3S/c23-16-5-3-15(4-6-16)22-13-24-17(12-14-7-11-30-21(14)24)19(27)25(22)8-9-26(22)20(28)18-2-1-10-29-18/h1-7,10-12H,8-9,13H2. The van der Waals surface area contributed by atoms with Gasteiger partial charge in [0.1, 0.15) is 16.3 Å². The second kappa shape index (κ2) is 6.06. The molecule has 8 heteroatoms. The minimum Gasteiger partial charge on any atom is -0.459 e. The van der Waals surface area contributed by atoms with E-state index < -0.39 is 5.66 Å². The Balaban J connectivity index is 1.59. The third kappa shape index (κ3) is 2.16. The van der Waals surface area contributed by atoms with Crippen molar-refractivity contribution in [1.82, 2.24) is 14.4 Å². The molecule has 2 aliphatic rings. The lowest BCUT2D eigenvalue weighted by Gasteiger charge is -2.47. The van der Waals surface area contributed by atoms with Crippen LogP contribution in [-0.4, -0.2) is 39.3 Å². The van der Waals surface area contributed by atoms with Crippen molar-refractivity contribution < 1.29 is 18.4 Å². The molecule has 5 heterocycles. The first-order chi connectivity index (χ1) is 14.6. The monoisotopic (exact) mass is 421 g/mol. The van der Waals surface area contributed by atoms with Crippen molar-refractivity contribution in [3.05, 3.63) is 83.0 Å². The molecule has 6 rings (SSSR count). The fourth-order valence-electron chi connectivity index (χ4n) is 4.75. The molecule has 0 bridgehead atoms. The van der Waals surface area contributed by atoms with E-state index in [4.69, 9.17) is 4.42 Å². The Morgan fingerprint density at radius 1 is 1.13 bits per heavy atom. The second-order valence-electron chi connectivity index (χ2n) is 7.51. The first-order valence-electron chi connectivity index (χ1n) is 9.60. The molecule has 6 nitrogen and oxygen atoms in total. The number of halogens is 1. The fraction of sp³-hybridized carbons (Fsp3) is 0.182. The zero-order valence-electron chi connectivity index (χ0n) is 15.7. The number of nitrogens with zero attached hydrogens (tertiary/aromatic N) is 3. The number of hydrogen-bond acceptors (Lipinski definition) is 4. The Labute approximate surface area is 174 Å². The van der Waals surface area contributed by atoms with Crippen LogP contribution in [0.4, 0.5) is 4.39 Å². The molecule has 0 saturated carbocycles. The van der Waals surface area contributed by atoms with Gasteiger partial charge in [0.25, 0.3) is 11.8 Å². The van der Waals surface area contributed by atoms with Crippen molar-refractivity contribution >= 4 is 33.4 Å². The maximum Gasteiger partial charge on any atom is 0.291 e. The molecule has 1 saturated heterocycles. The quantitative estimate of drug-likeness (QED) is 0.493. The van der Waals surface area contributed by atoms with Gasteiger partial charge >= 0.3 is 0 Å². The zero-order valence-corrected chi connectivity index (χ0v) is 16.6. The fourth-order valence-corrected chi connectivity index (χ4v) is 5.64. The van der Waals surface area contributed by atoms with Crippen LogP contribution in [0.3, 0.4) is 0 Å². The van der Waals surface area contributed by atoms with Crippen LogP contribution in [0.5, 0.6) is 0 Å². The van der Waals surface area contributed by atoms with Crippen molar-refractivity contribution in [3.63, 3.8) is 0 Å². The molecule has 1 aromatic carbocycles. The molecule has 30 heavy (non-hydrogen) atoms. The lowest BCUT2D eigenvalue weighted by Crippen LogP contribution is -2.60. The summed E-state index contributed by atoms with van der Waals surface area (Å²) in [5.74, 6) is -0.584. The minimum atomic E-state index is -1.06. The number of fused-ring (bicyclic) bond motifs is 4. The average molecular weight is 421 g/mol. The molecule has 150 valence electrons. The van der Waals surface area contributed by atoms with E-state index in [9.17, 15) is 14.0 Å². The molecule has 4 aromatic rings. The summed E-state index contributed by atoms with van der Waals surface area (Å²) in [4.78, 5) is 31.3. The van der Waals surface area contributed by atoms with Crippen molar-refractivity contribution in [2.45, 2.75) is 12.2 Å². The third-order valence-corrected chi connectivity index (χ3v) is 7.02. The summed E-state index contributed by atoms with van der Waals surface area (Å²) in [5, 5.41) is 2.99. The van der Waals surface area contributed by atoms with Crippen LogP contribution < -0.4 is 0 Å². The van der Waals surface area contributed by atoms with Gasteiger partial charge in [-0.3, -0.25) is 9.59 Å². The first-order valence-corrected chi connectivity index (χ1v) is 10.5. The van der Waals surface area contributed by atoms with E-state index in [1.54, 1.807) is 45.4 Å². The van der Waals surface area contributed by atoms with Gasteiger partial charge in [-0.1, -0.05) is 12.1 Å². The SMILES string of the molecule is O=C(c1ccco1)N1CCN2C(=O)c3cc4ccsc4n3CC12c1ccc(F)cc1. The van der Waals surface area contributed by atoms with Gasteiger partial charge in [0.15, 0.2) is 11.4 Å². The Morgan fingerprint density at radius 3 is 2.73 bits per heavy atom. The highest BCUT2D eigenvalue weighted by atomic mass is 32.1. The Kier molecular flexibility index (Phi) is 3.53. The smallest absolute Gasteiger partial charge is 0.291 e. The molecule has 0 N–H and O–H groups in total. The molecule has 0 aliphatic carbocycles. The van der Waals surface area contributed by atoms with Crippen LogP contribution in [0.25, 0.3) is 10.2 Å². The van der Waals surface area contributed by atoms with Gasteiger partial charge in [-0.2, -0.15) is 0 Å². The largest absolute Gasteiger partial charge is 0.459 e. The molecule has 2 amide bonds. The predicted octanol–water partition coefficient (Wildman–Crippen LogP) is 3.90. The van der Waals surface area contributed by atoms with Gasteiger partial charge in [0, 0.05) is 24.0 Å². The summed E-state index contributed by atoms with van der Waals surface area (Å²) in [5.41, 5.74) is 0.248. The third-order valence-electron chi connectivity index (χ3n) is 6.07. The number of aromatic nitrogens is 1. The molecule has 0 radical (unpaired) electrons. The van der Waals surface area contributed by atoms with Gasteiger partial charge in [-0.25, -0.2) is 4.39 Å². The van der Waals surface area contributed by atoms with Gasteiger partial charge in [0.05, 0.1) is 12.8 Å². The Bertz CT molecular complexity index is 1290. The highest BCUT2D eigenvalue weighted by Gasteiger charge is 2.56. The van der Waals surface area contributed by atoms with E-state index in [0.29, 0.717) is 30.9 Å². The topological polar surface area (TPSA) is 58.7 Å². The molecule has 1 unspecified atom stereocenters. The van der Waals surface area contributed by atoms with Gasteiger partial charge in [0.2, 0.25) is 0 Å². The Hall–Kier alpha value is -3.39. The van der Waals surface area contributed by atoms with Crippen LogP contribution in [-0.2, 0) is 12.2 Å². The number of hydrogen-bond donors (Lipinski definition) is 0. The number of amides is 2. The number of carbonyl (C=O) groups is 2. The van der Waals surface area contributed by atoms with Crippen molar-refractivity contribution in [1.29, 1.82) is 0 Å². The van der Waals surface area contributed by atoms with Gasteiger partial charge < -0.3 is 18.8 Å². The number of carbonyl (C=O) groups excluding carboxylic acids is 2. The maximum atomic E-state index is 13.7. The van der Waals surface area contributed by atoms with Gasteiger partial charge in [-0.15, -0.1) is 11.3 Å². The van der Waals surface area contributed by atoms with Crippen LogP contribution in [0.15, 0.2) is 64.6 Å². The summed E-state index contributed by atoms with van der Waals surface area (Å²) >= 11 is 1.56. The number of rotatable bonds is 2. The van der Waals surface area contributed by atoms with Gasteiger partial charge in [-0.05, 0) is 41.8 Å². The maximum absolute atomic E-state index is 13.7. The van der Waals surface area contributed by atoms with Crippen LogP contribution in [0.1, 0.15) is 26.6 Å². The normalized spacial score (nSPS) is 20.6. The van der Waals surface area contributed by atoms with E-state index in [1.165, 1.54) is 18.4 Å². The highest BCUT2D eigenvalue weighted by molar-refractivity contribution is 7.16. The van der Waals surface area contributed by atoms with E-state index in [2.05, 4.69) is 0 Å². The molecular weight excluding hydrogens is 405 g/mol. The predicted molar refractivity (Wildman–Crippen MR) is 109 cm³/mol. The van der Waals surface area contributed by atoms with Crippen molar-refractivity contribution in [2.75, 3.05) is 13.1 Å². The lowest BCUT2D eigenvalue weighted by molar-refractivity contribution is -0.00642. The molecule has 0 spiro atoms.